The van der Waals surface area contributed by atoms with Crippen molar-refractivity contribution in [3.63, 3.8) is 0 Å². The van der Waals surface area contributed by atoms with Crippen LogP contribution in [0.1, 0.15) is 12.8 Å². The molecule has 0 N–H and O–H groups in total. The molecule has 0 bridgehead atoms. The van der Waals surface area contributed by atoms with E-state index < -0.39 is 10.0 Å². The number of halogens is 1. The molecule has 4 nitrogen and oxygen atoms in total. The van der Waals surface area contributed by atoms with Gasteiger partial charge in [-0.1, -0.05) is 0 Å². The van der Waals surface area contributed by atoms with E-state index in [2.05, 4.69) is 6.07 Å². The smallest absolute Gasteiger partial charge is 0.212 e. The molecule has 0 saturated carbocycles. The number of sulfonamides is 1. The molecule has 0 aromatic rings. The maximum absolute atomic E-state index is 11.5. The van der Waals surface area contributed by atoms with Crippen LogP contribution in [0.2, 0.25) is 0 Å². The van der Waals surface area contributed by atoms with Crippen molar-refractivity contribution in [3.8, 4) is 6.07 Å². The summed E-state index contributed by atoms with van der Waals surface area (Å²) < 4.78 is 24.5. The molecule has 0 amide bonds. The van der Waals surface area contributed by atoms with E-state index in [4.69, 9.17) is 16.9 Å². The Morgan fingerprint density at radius 2 is 2.00 bits per heavy atom. The van der Waals surface area contributed by atoms with Crippen molar-refractivity contribution in [2.75, 3.05) is 24.7 Å². The minimum atomic E-state index is -3.17. The molecule has 0 unspecified atom stereocenters. The first-order chi connectivity index (χ1) is 6.60. The first kappa shape index (κ1) is 11.8. The maximum atomic E-state index is 11.5. The van der Waals surface area contributed by atoms with Crippen molar-refractivity contribution in [2.24, 2.45) is 5.92 Å². The van der Waals surface area contributed by atoms with Gasteiger partial charge in [0, 0.05) is 24.9 Å². The van der Waals surface area contributed by atoms with Gasteiger partial charge in [-0.05, 0) is 12.8 Å². The number of rotatable bonds is 3. The molecule has 0 aromatic heterocycles. The lowest BCUT2D eigenvalue weighted by Gasteiger charge is -2.27. The van der Waals surface area contributed by atoms with E-state index in [-0.39, 0.29) is 17.6 Å². The van der Waals surface area contributed by atoms with Crippen LogP contribution in [0.15, 0.2) is 0 Å². The molecule has 0 radical (unpaired) electrons. The van der Waals surface area contributed by atoms with Gasteiger partial charge in [0.15, 0.2) is 0 Å². The lowest BCUT2D eigenvalue weighted by Crippen LogP contribution is -2.39. The molecule has 0 aromatic carbocycles. The summed E-state index contributed by atoms with van der Waals surface area (Å²) in [6, 6.07) is 2.16. The van der Waals surface area contributed by atoms with Gasteiger partial charge in [-0.2, -0.15) is 5.26 Å². The van der Waals surface area contributed by atoms with Gasteiger partial charge in [-0.3, -0.25) is 0 Å². The van der Waals surface area contributed by atoms with Crippen molar-refractivity contribution in [1.29, 1.82) is 5.26 Å². The Balaban J connectivity index is 2.54. The summed E-state index contributed by atoms with van der Waals surface area (Å²) in [5.41, 5.74) is 0. The van der Waals surface area contributed by atoms with Crippen LogP contribution < -0.4 is 0 Å². The molecule has 0 spiro atoms. The molecule has 1 heterocycles. The Bertz CT molecular complexity index is 315. The summed E-state index contributed by atoms with van der Waals surface area (Å²) in [6.07, 6.45) is 1.27. The van der Waals surface area contributed by atoms with Gasteiger partial charge in [-0.15, -0.1) is 11.6 Å². The number of hydrogen-bond donors (Lipinski definition) is 0. The zero-order valence-electron chi connectivity index (χ0n) is 7.82. The summed E-state index contributed by atoms with van der Waals surface area (Å²) in [5, 5.41) is 8.64. The summed E-state index contributed by atoms with van der Waals surface area (Å²) in [5.74, 6) is 0.129. The average Bonchev–Trinajstić information content (AvgIpc) is 2.18. The molecule has 1 aliphatic heterocycles. The van der Waals surface area contributed by atoms with Crippen molar-refractivity contribution < 1.29 is 8.42 Å². The quantitative estimate of drug-likeness (QED) is 0.681. The Morgan fingerprint density at radius 1 is 1.43 bits per heavy atom. The third-order valence-electron chi connectivity index (χ3n) is 2.36. The molecule has 6 heteroatoms. The molecule has 1 rings (SSSR count). The predicted molar refractivity (Wildman–Crippen MR) is 54.4 cm³/mol. The van der Waals surface area contributed by atoms with Gasteiger partial charge >= 0.3 is 0 Å². The van der Waals surface area contributed by atoms with Crippen LogP contribution in [0.4, 0.5) is 0 Å². The van der Waals surface area contributed by atoms with Crippen LogP contribution in [0, 0.1) is 17.2 Å². The Hall–Kier alpha value is -0.310. The molecule has 1 fully saturated rings. The second-order valence-corrected chi connectivity index (χ2v) is 5.77. The fourth-order valence-electron chi connectivity index (χ4n) is 1.49. The highest BCUT2D eigenvalue weighted by Crippen LogP contribution is 2.18. The first-order valence-electron chi connectivity index (χ1n) is 4.53. The Morgan fingerprint density at radius 3 is 2.43 bits per heavy atom. The fourth-order valence-corrected chi connectivity index (χ4v) is 3.30. The third kappa shape index (κ3) is 2.84. The molecule has 0 aliphatic carbocycles. The van der Waals surface area contributed by atoms with Crippen LogP contribution in [-0.4, -0.2) is 37.4 Å². The number of hydrogen-bond acceptors (Lipinski definition) is 3. The summed E-state index contributed by atoms with van der Waals surface area (Å²) in [6.45, 7) is 0.912. The van der Waals surface area contributed by atoms with Crippen molar-refractivity contribution in [1.82, 2.24) is 4.31 Å². The van der Waals surface area contributed by atoms with Gasteiger partial charge < -0.3 is 0 Å². The molecular weight excluding hydrogens is 224 g/mol. The third-order valence-corrected chi connectivity index (χ3v) is 4.65. The first-order valence-corrected chi connectivity index (χ1v) is 6.68. The average molecular weight is 237 g/mol. The monoisotopic (exact) mass is 236 g/mol. The van der Waals surface area contributed by atoms with Crippen LogP contribution in [0.5, 0.6) is 0 Å². The standard InChI is InChI=1S/C8H13ClN2O2S/c9-3-6-14(12,13)11-4-1-8(7-10)2-5-11/h8H,1-6H2. The zero-order valence-corrected chi connectivity index (χ0v) is 9.39. The van der Waals surface area contributed by atoms with E-state index >= 15 is 0 Å². The van der Waals surface area contributed by atoms with Gasteiger partial charge in [0.25, 0.3) is 0 Å². The van der Waals surface area contributed by atoms with E-state index in [1.54, 1.807) is 0 Å². The van der Waals surface area contributed by atoms with Gasteiger partial charge in [0.1, 0.15) is 0 Å². The zero-order chi connectivity index (χ0) is 10.6. The second-order valence-electron chi connectivity index (χ2n) is 3.31. The van der Waals surface area contributed by atoms with Crippen molar-refractivity contribution in [3.05, 3.63) is 0 Å². The van der Waals surface area contributed by atoms with Gasteiger partial charge in [0.2, 0.25) is 10.0 Å². The minimum absolute atomic E-state index is 0.00816. The van der Waals surface area contributed by atoms with E-state index in [1.807, 2.05) is 0 Å². The second kappa shape index (κ2) is 4.96. The highest BCUT2D eigenvalue weighted by Gasteiger charge is 2.27. The lowest BCUT2D eigenvalue weighted by atomic mass is 10.0. The van der Waals surface area contributed by atoms with Crippen LogP contribution in [-0.2, 0) is 10.0 Å². The summed E-state index contributed by atoms with van der Waals surface area (Å²) in [7, 11) is -3.17. The number of nitrogens with zero attached hydrogens (tertiary/aromatic N) is 2. The number of alkyl halides is 1. The largest absolute Gasteiger partial charge is 0.215 e. The van der Waals surface area contributed by atoms with Crippen LogP contribution in [0.25, 0.3) is 0 Å². The van der Waals surface area contributed by atoms with Crippen LogP contribution in [0.3, 0.4) is 0 Å². The van der Waals surface area contributed by atoms with E-state index in [1.165, 1.54) is 4.31 Å². The summed E-state index contributed by atoms with van der Waals surface area (Å²) in [4.78, 5) is 0. The normalized spacial score (nSPS) is 20.6. The fraction of sp³-hybridized carbons (Fsp3) is 0.875. The molecule has 1 saturated heterocycles. The Labute approximate surface area is 89.5 Å². The van der Waals surface area contributed by atoms with E-state index in [0.717, 1.165) is 0 Å². The van der Waals surface area contributed by atoms with Crippen molar-refractivity contribution >= 4 is 21.6 Å². The molecule has 0 atom stereocenters. The summed E-state index contributed by atoms with van der Waals surface area (Å²) >= 11 is 5.40. The molecule has 1 aliphatic rings. The van der Waals surface area contributed by atoms with E-state index in [9.17, 15) is 8.42 Å². The molecule has 14 heavy (non-hydrogen) atoms. The molecular formula is C8H13ClN2O2S. The van der Waals surface area contributed by atoms with Crippen molar-refractivity contribution in [2.45, 2.75) is 12.8 Å². The topological polar surface area (TPSA) is 61.2 Å². The highest BCUT2D eigenvalue weighted by atomic mass is 35.5. The van der Waals surface area contributed by atoms with E-state index in [0.29, 0.717) is 25.9 Å². The highest BCUT2D eigenvalue weighted by molar-refractivity contribution is 7.89. The van der Waals surface area contributed by atoms with Gasteiger partial charge in [0.05, 0.1) is 11.8 Å². The number of piperidine rings is 1. The SMILES string of the molecule is N#CC1CCN(S(=O)(=O)CCCl)CC1. The minimum Gasteiger partial charge on any atom is -0.212 e. The molecule has 80 valence electrons. The predicted octanol–water partition coefficient (Wildman–Crippen LogP) is 0.791. The Kier molecular flexibility index (Phi) is 4.17. The number of nitriles is 1. The van der Waals surface area contributed by atoms with Crippen LogP contribution >= 0.6 is 11.6 Å². The maximum Gasteiger partial charge on any atom is 0.215 e. The lowest BCUT2D eigenvalue weighted by molar-refractivity contribution is 0.310. The van der Waals surface area contributed by atoms with Gasteiger partial charge in [-0.25, -0.2) is 12.7 Å².